The van der Waals surface area contributed by atoms with E-state index in [0.717, 1.165) is 0 Å². The summed E-state index contributed by atoms with van der Waals surface area (Å²) in [7, 11) is 0. The van der Waals surface area contributed by atoms with E-state index in [1.54, 1.807) is 0 Å². The minimum absolute atomic E-state index is 0.153. The van der Waals surface area contributed by atoms with E-state index in [9.17, 15) is 4.79 Å². The van der Waals surface area contributed by atoms with Crippen LogP contribution in [0.15, 0.2) is 4.99 Å². The first kappa shape index (κ1) is 8.14. The van der Waals surface area contributed by atoms with Gasteiger partial charge >= 0.3 is 0 Å². The van der Waals surface area contributed by atoms with Gasteiger partial charge in [0.15, 0.2) is 0 Å². The predicted octanol–water partition coefficient (Wildman–Crippen LogP) is 0.197. The van der Waals surface area contributed by atoms with E-state index < -0.39 is 11.9 Å². The molecule has 0 bridgehead atoms. The first-order valence-electron chi connectivity index (χ1n) is 2.84. The lowest BCUT2D eigenvalue weighted by atomic mass is 10.1. The molecular formula is C6H12N2O. The quantitative estimate of drug-likeness (QED) is 0.542. The van der Waals surface area contributed by atoms with Gasteiger partial charge in [0.2, 0.25) is 5.91 Å². The summed E-state index contributed by atoms with van der Waals surface area (Å²) < 4.78 is 0. The molecule has 0 radical (unpaired) electrons. The molecule has 0 aliphatic rings. The fourth-order valence-corrected chi connectivity index (χ4v) is 0.629. The van der Waals surface area contributed by atoms with E-state index in [-0.39, 0.29) is 5.92 Å². The minimum Gasteiger partial charge on any atom is -0.368 e. The van der Waals surface area contributed by atoms with Crippen molar-refractivity contribution in [2.75, 3.05) is 0 Å². The largest absolute Gasteiger partial charge is 0.368 e. The topological polar surface area (TPSA) is 55.4 Å². The highest BCUT2D eigenvalue weighted by Crippen LogP contribution is 2.03. The normalized spacial score (nSPS) is 13.2. The van der Waals surface area contributed by atoms with Gasteiger partial charge < -0.3 is 5.73 Å². The van der Waals surface area contributed by atoms with Crippen LogP contribution in [0.1, 0.15) is 13.8 Å². The lowest BCUT2D eigenvalue weighted by Gasteiger charge is -2.09. The van der Waals surface area contributed by atoms with Crippen LogP contribution in [0.3, 0.4) is 0 Å². The highest BCUT2D eigenvalue weighted by atomic mass is 16.1. The first-order chi connectivity index (χ1) is 4.09. The fraction of sp³-hybridized carbons (Fsp3) is 0.667. The molecule has 3 heteroatoms. The van der Waals surface area contributed by atoms with E-state index in [0.29, 0.717) is 0 Å². The first-order valence-corrected chi connectivity index (χ1v) is 2.84. The molecule has 3 nitrogen and oxygen atoms in total. The molecule has 52 valence electrons. The van der Waals surface area contributed by atoms with Crippen molar-refractivity contribution in [2.24, 2.45) is 16.6 Å². The monoisotopic (exact) mass is 128 g/mol. The highest BCUT2D eigenvalue weighted by molar-refractivity contribution is 5.80. The van der Waals surface area contributed by atoms with E-state index in [2.05, 4.69) is 11.7 Å². The average molecular weight is 128 g/mol. The molecule has 1 atom stereocenters. The van der Waals surface area contributed by atoms with Crippen molar-refractivity contribution >= 4 is 12.6 Å². The van der Waals surface area contributed by atoms with Crippen LogP contribution in [0.4, 0.5) is 0 Å². The lowest BCUT2D eigenvalue weighted by Crippen LogP contribution is -2.30. The molecule has 0 aromatic heterocycles. The number of hydrogen-bond donors (Lipinski definition) is 1. The lowest BCUT2D eigenvalue weighted by molar-refractivity contribution is -0.119. The van der Waals surface area contributed by atoms with E-state index >= 15 is 0 Å². The zero-order valence-electron chi connectivity index (χ0n) is 5.79. The van der Waals surface area contributed by atoms with Crippen LogP contribution in [-0.4, -0.2) is 18.7 Å². The second-order valence-electron chi connectivity index (χ2n) is 2.27. The van der Waals surface area contributed by atoms with Crippen molar-refractivity contribution in [1.29, 1.82) is 0 Å². The Morgan fingerprint density at radius 3 is 2.11 bits per heavy atom. The van der Waals surface area contributed by atoms with Crippen molar-refractivity contribution in [3.8, 4) is 0 Å². The summed E-state index contributed by atoms with van der Waals surface area (Å²) in [5.74, 6) is -0.250. The number of carbonyl (C=O) groups is 1. The third kappa shape index (κ3) is 2.26. The van der Waals surface area contributed by atoms with Gasteiger partial charge in [0, 0.05) is 0 Å². The zero-order chi connectivity index (χ0) is 7.44. The molecule has 0 saturated carbocycles. The number of primary amides is 1. The smallest absolute Gasteiger partial charge is 0.242 e. The number of hydrogen-bond acceptors (Lipinski definition) is 2. The average Bonchev–Trinajstić information content (AvgIpc) is 1.64. The second kappa shape index (κ2) is 3.22. The van der Waals surface area contributed by atoms with E-state index in [1.165, 1.54) is 0 Å². The molecule has 0 aliphatic carbocycles. The van der Waals surface area contributed by atoms with Gasteiger partial charge in [-0.2, -0.15) is 0 Å². The summed E-state index contributed by atoms with van der Waals surface area (Å²) in [5.41, 5.74) is 4.98. The summed E-state index contributed by atoms with van der Waals surface area (Å²) in [5, 5.41) is 0. The van der Waals surface area contributed by atoms with Crippen molar-refractivity contribution in [3.63, 3.8) is 0 Å². The third-order valence-corrected chi connectivity index (χ3v) is 1.12. The van der Waals surface area contributed by atoms with Gasteiger partial charge in [-0.3, -0.25) is 9.79 Å². The maximum absolute atomic E-state index is 10.5. The van der Waals surface area contributed by atoms with E-state index in [4.69, 9.17) is 5.73 Å². The van der Waals surface area contributed by atoms with Gasteiger partial charge in [-0.05, 0) is 12.6 Å². The number of rotatable bonds is 3. The van der Waals surface area contributed by atoms with Crippen LogP contribution in [-0.2, 0) is 4.79 Å². The molecular weight excluding hydrogens is 116 g/mol. The van der Waals surface area contributed by atoms with Gasteiger partial charge in [0.25, 0.3) is 0 Å². The minimum atomic E-state index is -0.426. The van der Waals surface area contributed by atoms with Crippen LogP contribution >= 0.6 is 0 Å². The van der Waals surface area contributed by atoms with Gasteiger partial charge in [0.1, 0.15) is 6.04 Å². The number of nitrogens with two attached hydrogens (primary N) is 1. The molecule has 0 aromatic rings. The van der Waals surface area contributed by atoms with Gasteiger partial charge in [0.05, 0.1) is 0 Å². The molecule has 1 amide bonds. The molecule has 0 heterocycles. The van der Waals surface area contributed by atoms with Crippen molar-refractivity contribution in [3.05, 3.63) is 0 Å². The van der Waals surface area contributed by atoms with Gasteiger partial charge in [-0.15, -0.1) is 0 Å². The third-order valence-electron chi connectivity index (χ3n) is 1.12. The molecule has 0 fully saturated rings. The van der Waals surface area contributed by atoms with Crippen LogP contribution in [0.5, 0.6) is 0 Å². The zero-order valence-corrected chi connectivity index (χ0v) is 5.79. The van der Waals surface area contributed by atoms with Crippen molar-refractivity contribution in [1.82, 2.24) is 0 Å². The van der Waals surface area contributed by atoms with Crippen LogP contribution in [0, 0.1) is 5.92 Å². The Hall–Kier alpha value is -0.860. The number of carbonyl (C=O) groups excluding carboxylic acids is 1. The Morgan fingerprint density at radius 2 is 2.11 bits per heavy atom. The molecule has 0 saturated heterocycles. The number of aliphatic imine (C=N–C) groups is 1. The maximum Gasteiger partial charge on any atom is 0.242 e. The van der Waals surface area contributed by atoms with Gasteiger partial charge in [-0.25, -0.2) is 0 Å². The van der Waals surface area contributed by atoms with Crippen LogP contribution in [0.25, 0.3) is 0 Å². The predicted molar refractivity (Wildman–Crippen MR) is 37.4 cm³/mol. The SMILES string of the molecule is C=N[C@H](C(N)=O)C(C)C. The fourth-order valence-electron chi connectivity index (χ4n) is 0.629. The summed E-state index contributed by atoms with van der Waals surface area (Å²) in [4.78, 5) is 14.0. The molecule has 0 rings (SSSR count). The summed E-state index contributed by atoms with van der Waals surface area (Å²) in [6.07, 6.45) is 0. The summed E-state index contributed by atoms with van der Waals surface area (Å²) >= 11 is 0. The van der Waals surface area contributed by atoms with E-state index in [1.807, 2.05) is 13.8 Å². The Kier molecular flexibility index (Phi) is 2.91. The Labute approximate surface area is 55.0 Å². The van der Waals surface area contributed by atoms with Crippen LogP contribution < -0.4 is 5.73 Å². The molecule has 0 spiro atoms. The standard InChI is InChI=1S/C6H12N2O/c1-4(2)5(8-3)6(7)9/h4-5H,3H2,1-2H3,(H2,7,9)/t5-/m0/s1. The van der Waals surface area contributed by atoms with Crippen molar-refractivity contribution < 1.29 is 4.79 Å². The van der Waals surface area contributed by atoms with Gasteiger partial charge in [-0.1, -0.05) is 13.8 Å². The Balaban J connectivity index is 3.98. The number of nitrogens with zero attached hydrogens (tertiary/aromatic N) is 1. The molecule has 0 aromatic carbocycles. The Bertz CT molecular complexity index is 120. The molecule has 9 heavy (non-hydrogen) atoms. The molecule has 0 aliphatic heterocycles. The Morgan fingerprint density at radius 1 is 1.67 bits per heavy atom. The summed E-state index contributed by atoms with van der Waals surface area (Å²) in [6.45, 7) is 7.01. The maximum atomic E-state index is 10.5. The van der Waals surface area contributed by atoms with Crippen molar-refractivity contribution in [2.45, 2.75) is 19.9 Å². The highest BCUT2D eigenvalue weighted by Gasteiger charge is 2.15. The van der Waals surface area contributed by atoms with Crippen LogP contribution in [0.2, 0.25) is 0 Å². The number of amides is 1. The second-order valence-corrected chi connectivity index (χ2v) is 2.27. The molecule has 0 unspecified atom stereocenters. The molecule has 2 N–H and O–H groups in total. The summed E-state index contributed by atoms with van der Waals surface area (Å²) in [6, 6.07) is -0.426.